The average molecular weight is 346 g/mol. The van der Waals surface area contributed by atoms with E-state index in [9.17, 15) is 9.59 Å². The van der Waals surface area contributed by atoms with Gasteiger partial charge in [-0.15, -0.1) is 0 Å². The number of alkyl halides is 1. The van der Waals surface area contributed by atoms with Crippen LogP contribution in [0.5, 0.6) is 0 Å². The lowest BCUT2D eigenvalue weighted by Gasteiger charge is -2.05. The Morgan fingerprint density at radius 2 is 2.19 bits per heavy atom. The first-order valence-corrected chi connectivity index (χ1v) is 7.46. The molecule has 1 aromatic heterocycles. The van der Waals surface area contributed by atoms with Gasteiger partial charge in [-0.2, -0.15) is 0 Å². The van der Waals surface area contributed by atoms with E-state index in [1.807, 2.05) is 12.1 Å². The van der Waals surface area contributed by atoms with E-state index in [2.05, 4.69) is 31.5 Å². The number of fused-ring (bicyclic) bond motifs is 1. The second-order valence-corrected chi connectivity index (χ2v) is 5.14. The molecule has 3 N–H and O–H groups in total. The van der Waals surface area contributed by atoms with Gasteiger partial charge in [-0.1, -0.05) is 15.9 Å². The van der Waals surface area contributed by atoms with E-state index in [1.165, 1.54) is 0 Å². The fourth-order valence-corrected chi connectivity index (χ4v) is 2.33. The molecule has 2 amide bonds. The average Bonchev–Trinajstić information content (AvgIpc) is 3.08. The summed E-state index contributed by atoms with van der Waals surface area (Å²) in [5.41, 5.74) is 3.61. The van der Waals surface area contributed by atoms with Crippen LogP contribution in [0.25, 0.3) is 11.6 Å². The molecule has 1 aromatic carbocycles. The van der Waals surface area contributed by atoms with E-state index in [1.54, 1.807) is 30.5 Å². The number of aromatic amines is 1. The summed E-state index contributed by atoms with van der Waals surface area (Å²) in [6.45, 7) is 0. The van der Waals surface area contributed by atoms with Gasteiger partial charge in [-0.3, -0.25) is 9.59 Å². The molecule has 3 rings (SSSR count). The summed E-state index contributed by atoms with van der Waals surface area (Å²) in [6, 6.07) is 9.09. The van der Waals surface area contributed by atoms with Crippen molar-refractivity contribution in [2.45, 2.75) is 0 Å². The molecule has 0 atom stereocenters. The molecule has 6 heteroatoms. The van der Waals surface area contributed by atoms with Crippen LogP contribution in [-0.2, 0) is 9.59 Å². The van der Waals surface area contributed by atoms with E-state index >= 15 is 0 Å². The number of carbonyl (C=O) groups excluding carboxylic acids is 2. The van der Waals surface area contributed by atoms with Gasteiger partial charge < -0.3 is 15.6 Å². The van der Waals surface area contributed by atoms with Crippen LogP contribution < -0.4 is 10.6 Å². The Morgan fingerprint density at radius 1 is 1.33 bits per heavy atom. The van der Waals surface area contributed by atoms with Gasteiger partial charge in [-0.25, -0.2) is 0 Å². The third kappa shape index (κ3) is 2.75. The lowest BCUT2D eigenvalue weighted by Crippen LogP contribution is -2.12. The van der Waals surface area contributed by atoms with Crippen LogP contribution in [0.15, 0.2) is 36.5 Å². The van der Waals surface area contributed by atoms with Gasteiger partial charge in [0.1, 0.15) is 0 Å². The lowest BCUT2D eigenvalue weighted by atomic mass is 10.1. The fourth-order valence-electron chi connectivity index (χ4n) is 2.19. The zero-order valence-corrected chi connectivity index (χ0v) is 12.5. The van der Waals surface area contributed by atoms with Crippen molar-refractivity contribution < 1.29 is 9.59 Å². The number of nitrogens with one attached hydrogen (secondary N) is 3. The number of H-pyrrole nitrogens is 1. The SMILES string of the molecule is O=C(CBr)Nc1ccc2c(c1)/C(=C/c1ccc[nH]1)C(=O)N2. The second-order valence-electron chi connectivity index (χ2n) is 4.58. The van der Waals surface area contributed by atoms with Gasteiger partial charge in [0, 0.05) is 28.8 Å². The maximum atomic E-state index is 12.1. The summed E-state index contributed by atoms with van der Waals surface area (Å²) in [5, 5.41) is 5.80. The molecule has 21 heavy (non-hydrogen) atoms. The van der Waals surface area contributed by atoms with E-state index in [0.717, 1.165) is 16.9 Å². The molecule has 2 aromatic rings. The smallest absolute Gasteiger partial charge is 0.256 e. The summed E-state index contributed by atoms with van der Waals surface area (Å²) in [6.07, 6.45) is 3.59. The number of hydrogen-bond donors (Lipinski definition) is 3. The molecule has 0 bridgehead atoms. The monoisotopic (exact) mass is 345 g/mol. The summed E-state index contributed by atoms with van der Waals surface area (Å²) >= 11 is 3.10. The molecular weight excluding hydrogens is 334 g/mol. The number of carbonyl (C=O) groups is 2. The van der Waals surface area contributed by atoms with Crippen molar-refractivity contribution in [3.63, 3.8) is 0 Å². The van der Waals surface area contributed by atoms with Crippen molar-refractivity contribution in [2.75, 3.05) is 16.0 Å². The van der Waals surface area contributed by atoms with Crippen molar-refractivity contribution in [1.29, 1.82) is 0 Å². The minimum Gasteiger partial charge on any atom is -0.362 e. The molecule has 0 saturated heterocycles. The Labute approximate surface area is 129 Å². The third-order valence-corrected chi connectivity index (χ3v) is 3.64. The minimum absolute atomic E-state index is 0.137. The Bertz CT molecular complexity index is 735. The largest absolute Gasteiger partial charge is 0.362 e. The van der Waals surface area contributed by atoms with E-state index < -0.39 is 0 Å². The first-order chi connectivity index (χ1) is 10.2. The summed E-state index contributed by atoms with van der Waals surface area (Å²) < 4.78 is 0. The fraction of sp³-hybridized carbons (Fsp3) is 0.0667. The minimum atomic E-state index is -0.149. The molecule has 0 fully saturated rings. The predicted octanol–water partition coefficient (Wildman–Crippen LogP) is 2.84. The van der Waals surface area contributed by atoms with Gasteiger partial charge in [0.05, 0.1) is 10.9 Å². The first-order valence-electron chi connectivity index (χ1n) is 6.34. The summed E-state index contributed by atoms with van der Waals surface area (Å²) in [7, 11) is 0. The number of amides is 2. The molecule has 106 valence electrons. The zero-order valence-electron chi connectivity index (χ0n) is 10.9. The Kier molecular flexibility index (Phi) is 3.62. The molecule has 0 aliphatic carbocycles. The van der Waals surface area contributed by atoms with Crippen LogP contribution in [0.3, 0.4) is 0 Å². The third-order valence-electron chi connectivity index (χ3n) is 3.13. The predicted molar refractivity (Wildman–Crippen MR) is 86.2 cm³/mol. The van der Waals surface area contributed by atoms with Crippen LogP contribution in [0.1, 0.15) is 11.3 Å². The van der Waals surface area contributed by atoms with Crippen LogP contribution >= 0.6 is 15.9 Å². The molecule has 1 aliphatic heterocycles. The Balaban J connectivity index is 1.98. The van der Waals surface area contributed by atoms with E-state index in [4.69, 9.17) is 0 Å². The normalized spacial score (nSPS) is 14.9. The molecule has 0 saturated carbocycles. The zero-order chi connectivity index (χ0) is 14.8. The first kappa shape index (κ1) is 13.6. The Morgan fingerprint density at radius 3 is 2.90 bits per heavy atom. The van der Waals surface area contributed by atoms with Crippen LogP contribution in [0, 0.1) is 0 Å². The van der Waals surface area contributed by atoms with Gasteiger partial charge in [0.2, 0.25) is 5.91 Å². The highest BCUT2D eigenvalue weighted by molar-refractivity contribution is 9.09. The quantitative estimate of drug-likeness (QED) is 0.591. The molecule has 0 radical (unpaired) electrons. The second kappa shape index (κ2) is 5.57. The maximum absolute atomic E-state index is 12.1. The summed E-state index contributed by atoms with van der Waals surface area (Å²) in [5.74, 6) is -0.286. The number of aromatic nitrogens is 1. The number of benzene rings is 1. The van der Waals surface area contributed by atoms with Gasteiger partial charge in [0.15, 0.2) is 0 Å². The van der Waals surface area contributed by atoms with Crippen molar-refractivity contribution in [3.8, 4) is 0 Å². The van der Waals surface area contributed by atoms with Gasteiger partial charge in [0.25, 0.3) is 5.91 Å². The van der Waals surface area contributed by atoms with Crippen LogP contribution in [0.4, 0.5) is 11.4 Å². The lowest BCUT2D eigenvalue weighted by molar-refractivity contribution is -0.113. The highest BCUT2D eigenvalue weighted by atomic mass is 79.9. The summed E-state index contributed by atoms with van der Waals surface area (Å²) in [4.78, 5) is 26.5. The molecule has 5 nitrogen and oxygen atoms in total. The molecule has 2 heterocycles. The van der Waals surface area contributed by atoms with E-state index in [0.29, 0.717) is 11.3 Å². The Hall–Kier alpha value is -2.34. The number of halogens is 1. The standard InChI is InChI=1S/C15H12BrN3O2/c16-8-14(20)18-10-3-4-13-11(7-10)12(15(21)19-13)6-9-2-1-5-17-9/h1-7,17H,8H2,(H,18,20)(H,19,21)/b12-6-. The van der Waals surface area contributed by atoms with E-state index in [-0.39, 0.29) is 17.1 Å². The van der Waals surface area contributed by atoms with Crippen LogP contribution in [-0.4, -0.2) is 22.1 Å². The van der Waals surface area contributed by atoms with Crippen molar-refractivity contribution in [2.24, 2.45) is 0 Å². The number of hydrogen-bond acceptors (Lipinski definition) is 2. The van der Waals surface area contributed by atoms with Crippen molar-refractivity contribution >= 4 is 50.8 Å². The number of anilines is 2. The molecule has 1 aliphatic rings. The maximum Gasteiger partial charge on any atom is 0.256 e. The topological polar surface area (TPSA) is 74.0 Å². The van der Waals surface area contributed by atoms with Crippen molar-refractivity contribution in [1.82, 2.24) is 4.98 Å². The van der Waals surface area contributed by atoms with Crippen LogP contribution in [0.2, 0.25) is 0 Å². The molecular formula is C15H12BrN3O2. The van der Waals surface area contributed by atoms with Crippen molar-refractivity contribution in [3.05, 3.63) is 47.8 Å². The molecule has 0 spiro atoms. The number of rotatable bonds is 3. The van der Waals surface area contributed by atoms with Gasteiger partial charge in [-0.05, 0) is 36.4 Å². The molecule has 0 unspecified atom stereocenters. The highest BCUT2D eigenvalue weighted by Gasteiger charge is 2.24. The highest BCUT2D eigenvalue weighted by Crippen LogP contribution is 2.34. The van der Waals surface area contributed by atoms with Gasteiger partial charge >= 0.3 is 0 Å².